The molecule has 1 aliphatic rings. The van der Waals surface area contributed by atoms with Crippen molar-refractivity contribution in [2.75, 3.05) is 13.1 Å². The number of carboxylic acid groups (broad SMARTS) is 1. The van der Waals surface area contributed by atoms with Gasteiger partial charge in [0.15, 0.2) is 0 Å². The molecule has 1 fully saturated rings. The summed E-state index contributed by atoms with van der Waals surface area (Å²) < 4.78 is 0. The molecule has 0 aromatic heterocycles. The topological polar surface area (TPSA) is 101 Å². The molecule has 1 aromatic carbocycles. The third-order valence-corrected chi connectivity index (χ3v) is 5.22. The van der Waals surface area contributed by atoms with Crippen LogP contribution >= 0.6 is 0 Å². The van der Waals surface area contributed by atoms with E-state index < -0.39 is 16.3 Å². The summed E-state index contributed by atoms with van der Waals surface area (Å²) >= 11 is 0. The molecule has 1 aliphatic heterocycles. The van der Waals surface area contributed by atoms with Crippen LogP contribution in [0.5, 0.6) is 0 Å². The molecule has 0 spiro atoms. The number of nitro benzene ring substituents is 1. The lowest BCUT2D eigenvalue weighted by Gasteiger charge is -2.28. The van der Waals surface area contributed by atoms with Crippen molar-refractivity contribution in [1.29, 1.82) is 0 Å². The summed E-state index contributed by atoms with van der Waals surface area (Å²) in [6.07, 6.45) is 0.387. The summed E-state index contributed by atoms with van der Waals surface area (Å²) in [6.45, 7) is 7.85. The Balaban J connectivity index is 2.32. The van der Waals surface area contributed by atoms with E-state index in [0.29, 0.717) is 18.5 Å². The number of nitrogens with zero attached hydrogens (tertiary/aromatic N) is 2. The Morgan fingerprint density at radius 2 is 1.92 bits per heavy atom. The van der Waals surface area contributed by atoms with Crippen LogP contribution in [0.25, 0.3) is 0 Å². The Labute approximate surface area is 146 Å². The summed E-state index contributed by atoms with van der Waals surface area (Å²) in [5.74, 6) is -1.40. The number of rotatable bonds is 5. The Kier molecular flexibility index (Phi) is 5.15. The van der Waals surface area contributed by atoms with E-state index in [1.54, 1.807) is 12.1 Å². The summed E-state index contributed by atoms with van der Waals surface area (Å²) in [7, 11) is 0. The van der Waals surface area contributed by atoms with E-state index in [0.717, 1.165) is 0 Å². The van der Waals surface area contributed by atoms with E-state index in [2.05, 4.69) is 0 Å². The van der Waals surface area contributed by atoms with Gasteiger partial charge in [-0.2, -0.15) is 0 Å². The molecule has 1 amide bonds. The van der Waals surface area contributed by atoms with E-state index in [-0.39, 0.29) is 35.5 Å². The molecular formula is C18H24N2O5. The number of amides is 1. The molecule has 1 N–H and O–H groups in total. The van der Waals surface area contributed by atoms with Crippen LogP contribution in [-0.2, 0) is 4.79 Å². The number of hydrogen-bond acceptors (Lipinski definition) is 4. The summed E-state index contributed by atoms with van der Waals surface area (Å²) in [4.78, 5) is 36.8. The summed E-state index contributed by atoms with van der Waals surface area (Å²) in [5.41, 5.74) is -0.237. The molecule has 0 saturated carbocycles. The third-order valence-electron chi connectivity index (χ3n) is 5.22. The van der Waals surface area contributed by atoms with Gasteiger partial charge in [-0.3, -0.25) is 19.7 Å². The van der Waals surface area contributed by atoms with Crippen molar-refractivity contribution < 1.29 is 19.6 Å². The molecule has 1 unspecified atom stereocenters. The highest BCUT2D eigenvalue weighted by molar-refractivity contribution is 5.96. The smallest absolute Gasteiger partial charge is 0.311 e. The van der Waals surface area contributed by atoms with Gasteiger partial charge < -0.3 is 10.0 Å². The SMILES string of the molecule is CC(C)c1ccc(C(=O)N2CCC(C(=O)O)(C(C)C)C2)cc1[N+](=O)[O-]. The van der Waals surface area contributed by atoms with Gasteiger partial charge in [-0.1, -0.05) is 33.8 Å². The van der Waals surface area contributed by atoms with Crippen LogP contribution in [0.15, 0.2) is 18.2 Å². The van der Waals surface area contributed by atoms with Crippen LogP contribution < -0.4 is 0 Å². The van der Waals surface area contributed by atoms with Gasteiger partial charge in [-0.25, -0.2) is 0 Å². The van der Waals surface area contributed by atoms with E-state index in [1.165, 1.54) is 11.0 Å². The fourth-order valence-electron chi connectivity index (χ4n) is 3.40. The molecule has 1 saturated heterocycles. The first-order valence-electron chi connectivity index (χ1n) is 8.41. The van der Waals surface area contributed by atoms with Crippen molar-refractivity contribution in [3.05, 3.63) is 39.4 Å². The van der Waals surface area contributed by atoms with Crippen LogP contribution in [0, 0.1) is 21.4 Å². The van der Waals surface area contributed by atoms with Gasteiger partial charge in [-0.05, 0) is 24.3 Å². The quantitative estimate of drug-likeness (QED) is 0.650. The van der Waals surface area contributed by atoms with Crippen molar-refractivity contribution in [3.8, 4) is 0 Å². The molecular weight excluding hydrogens is 324 g/mol. The Bertz CT molecular complexity index is 713. The fourth-order valence-corrected chi connectivity index (χ4v) is 3.40. The average Bonchev–Trinajstić information content (AvgIpc) is 3.00. The molecule has 1 aromatic rings. The zero-order chi connectivity index (χ0) is 18.9. The number of carboxylic acids is 1. The van der Waals surface area contributed by atoms with E-state index in [4.69, 9.17) is 0 Å². The average molecular weight is 348 g/mol. The Hall–Kier alpha value is -2.44. The summed E-state index contributed by atoms with van der Waals surface area (Å²) in [6, 6.07) is 4.49. The van der Waals surface area contributed by atoms with Crippen LogP contribution in [-0.4, -0.2) is 39.9 Å². The van der Waals surface area contributed by atoms with Crippen LogP contribution in [0.3, 0.4) is 0 Å². The second kappa shape index (κ2) is 6.82. The van der Waals surface area contributed by atoms with Crippen LogP contribution in [0.1, 0.15) is 56.0 Å². The molecule has 2 rings (SSSR count). The van der Waals surface area contributed by atoms with Gasteiger partial charge in [0, 0.05) is 30.3 Å². The number of likely N-dealkylation sites (tertiary alicyclic amines) is 1. The molecule has 7 heteroatoms. The Morgan fingerprint density at radius 3 is 2.36 bits per heavy atom. The third kappa shape index (κ3) is 3.36. The van der Waals surface area contributed by atoms with Crippen molar-refractivity contribution in [2.45, 2.75) is 40.0 Å². The minimum absolute atomic E-state index is 0.0306. The summed E-state index contributed by atoms with van der Waals surface area (Å²) in [5, 5.41) is 20.9. The lowest BCUT2D eigenvalue weighted by atomic mass is 9.76. The lowest BCUT2D eigenvalue weighted by Crippen LogP contribution is -2.40. The Morgan fingerprint density at radius 1 is 1.28 bits per heavy atom. The van der Waals surface area contributed by atoms with Gasteiger partial charge in [-0.15, -0.1) is 0 Å². The molecule has 25 heavy (non-hydrogen) atoms. The molecule has 0 bridgehead atoms. The monoisotopic (exact) mass is 348 g/mol. The second-order valence-corrected chi connectivity index (χ2v) is 7.28. The highest BCUT2D eigenvalue weighted by Crippen LogP contribution is 2.39. The van der Waals surface area contributed by atoms with E-state index >= 15 is 0 Å². The molecule has 0 radical (unpaired) electrons. The standard InChI is InChI=1S/C18H24N2O5/c1-11(2)14-6-5-13(9-15(14)20(24)25)16(21)19-8-7-18(10-19,12(3)4)17(22)23/h5-6,9,11-12H,7-8,10H2,1-4H3,(H,22,23). The van der Waals surface area contributed by atoms with E-state index in [1.807, 2.05) is 27.7 Å². The number of aliphatic carboxylic acids is 1. The van der Waals surface area contributed by atoms with Gasteiger partial charge in [0.2, 0.25) is 0 Å². The molecule has 7 nitrogen and oxygen atoms in total. The lowest BCUT2D eigenvalue weighted by molar-refractivity contribution is -0.385. The van der Waals surface area contributed by atoms with Gasteiger partial charge in [0.05, 0.1) is 10.3 Å². The zero-order valence-corrected chi connectivity index (χ0v) is 15.0. The molecule has 1 atom stereocenters. The van der Waals surface area contributed by atoms with Crippen LogP contribution in [0.2, 0.25) is 0 Å². The van der Waals surface area contributed by atoms with Gasteiger partial charge in [0.25, 0.3) is 11.6 Å². The first-order valence-corrected chi connectivity index (χ1v) is 8.41. The van der Waals surface area contributed by atoms with Crippen molar-refractivity contribution in [2.24, 2.45) is 11.3 Å². The zero-order valence-electron chi connectivity index (χ0n) is 15.0. The highest BCUT2D eigenvalue weighted by Gasteiger charge is 2.48. The number of nitro groups is 1. The normalized spacial score (nSPS) is 20.3. The predicted molar refractivity (Wildman–Crippen MR) is 92.6 cm³/mol. The maximum absolute atomic E-state index is 12.7. The van der Waals surface area contributed by atoms with Crippen LogP contribution in [0.4, 0.5) is 5.69 Å². The van der Waals surface area contributed by atoms with Crippen molar-refractivity contribution in [1.82, 2.24) is 4.90 Å². The maximum Gasteiger partial charge on any atom is 0.311 e. The molecule has 136 valence electrons. The van der Waals surface area contributed by atoms with Gasteiger partial charge in [0.1, 0.15) is 0 Å². The minimum atomic E-state index is -0.959. The maximum atomic E-state index is 12.7. The number of carbonyl (C=O) groups excluding carboxylic acids is 1. The highest BCUT2D eigenvalue weighted by atomic mass is 16.6. The number of carbonyl (C=O) groups is 2. The first-order chi connectivity index (χ1) is 11.6. The van der Waals surface area contributed by atoms with E-state index in [9.17, 15) is 24.8 Å². The number of hydrogen-bond donors (Lipinski definition) is 1. The first kappa shape index (κ1) is 18.9. The minimum Gasteiger partial charge on any atom is -0.481 e. The van der Waals surface area contributed by atoms with Crippen molar-refractivity contribution in [3.63, 3.8) is 0 Å². The predicted octanol–water partition coefficient (Wildman–Crippen LogP) is 3.29. The second-order valence-electron chi connectivity index (χ2n) is 7.28. The fraction of sp³-hybridized carbons (Fsp3) is 0.556. The molecule has 0 aliphatic carbocycles. The molecule has 1 heterocycles. The van der Waals surface area contributed by atoms with Crippen molar-refractivity contribution >= 4 is 17.6 Å². The largest absolute Gasteiger partial charge is 0.481 e. The number of benzene rings is 1. The van der Waals surface area contributed by atoms with Gasteiger partial charge >= 0.3 is 5.97 Å².